The number of carbonyl (C=O) groups is 3. The molecule has 1 unspecified atom stereocenters. The third kappa shape index (κ3) is 5.85. The van der Waals surface area contributed by atoms with Gasteiger partial charge in [0, 0.05) is 12.2 Å². The number of thioether (sulfide) groups is 1. The summed E-state index contributed by atoms with van der Waals surface area (Å²) >= 11 is 1.20. The molecule has 1 aromatic carbocycles. The number of carbonyl (C=O) groups excluding carboxylic acids is 3. The van der Waals surface area contributed by atoms with E-state index in [9.17, 15) is 14.4 Å². The average molecular weight is 459 g/mol. The van der Waals surface area contributed by atoms with Crippen LogP contribution in [0.25, 0.3) is 0 Å². The minimum Gasteiger partial charge on any atom is -0.455 e. The van der Waals surface area contributed by atoms with Gasteiger partial charge in [0.2, 0.25) is 5.91 Å². The van der Waals surface area contributed by atoms with E-state index in [1.165, 1.54) is 50.3 Å². The maximum Gasteiger partial charge on any atom is 0.319 e. The minimum absolute atomic E-state index is 0.141. The van der Waals surface area contributed by atoms with Crippen molar-refractivity contribution in [1.82, 2.24) is 5.32 Å². The van der Waals surface area contributed by atoms with Crippen molar-refractivity contribution >= 4 is 35.2 Å². The van der Waals surface area contributed by atoms with Gasteiger partial charge in [-0.2, -0.15) is 0 Å². The van der Waals surface area contributed by atoms with Crippen molar-refractivity contribution < 1.29 is 19.1 Å². The molecule has 6 nitrogen and oxygen atoms in total. The smallest absolute Gasteiger partial charge is 0.319 e. The monoisotopic (exact) mass is 458 g/mol. The Bertz CT molecular complexity index is 819. The summed E-state index contributed by atoms with van der Waals surface area (Å²) in [5.41, 5.74) is 2.12. The molecule has 4 bridgehead atoms. The number of esters is 1. The van der Waals surface area contributed by atoms with E-state index in [0.717, 1.165) is 29.0 Å². The molecule has 0 spiro atoms. The molecule has 1 aromatic rings. The second kappa shape index (κ2) is 9.86. The highest BCUT2D eigenvalue weighted by Crippen LogP contribution is 2.59. The van der Waals surface area contributed by atoms with Crippen molar-refractivity contribution in [2.24, 2.45) is 23.2 Å². The second-order valence-corrected chi connectivity index (χ2v) is 11.5. The SMILES string of the molecule is Cc1ccc(NC(=O)CSC(C)C(=O)OCC(=O)NCC23CC4CC(CC(C4)C2)C3)cc1. The van der Waals surface area contributed by atoms with Gasteiger partial charge in [0.05, 0.1) is 5.75 Å². The Morgan fingerprint density at radius 3 is 2.22 bits per heavy atom. The van der Waals surface area contributed by atoms with Crippen LogP contribution in [0, 0.1) is 30.1 Å². The molecule has 4 aliphatic carbocycles. The Balaban J connectivity index is 1.13. The van der Waals surface area contributed by atoms with Crippen molar-refractivity contribution in [3.63, 3.8) is 0 Å². The van der Waals surface area contributed by atoms with Gasteiger partial charge in [0.25, 0.3) is 5.91 Å². The van der Waals surface area contributed by atoms with E-state index in [-0.39, 0.29) is 29.6 Å². The number of benzene rings is 1. The van der Waals surface area contributed by atoms with Crippen molar-refractivity contribution in [1.29, 1.82) is 0 Å². The molecule has 0 heterocycles. The van der Waals surface area contributed by atoms with Crippen LogP contribution < -0.4 is 10.6 Å². The molecule has 0 aliphatic heterocycles. The molecule has 4 fully saturated rings. The first kappa shape index (κ1) is 23.1. The normalized spacial score (nSPS) is 28.8. The number of ether oxygens (including phenoxy) is 1. The maximum absolute atomic E-state index is 12.3. The summed E-state index contributed by atoms with van der Waals surface area (Å²) in [6, 6.07) is 7.54. The fourth-order valence-electron chi connectivity index (χ4n) is 6.20. The molecule has 4 aliphatic rings. The molecule has 0 radical (unpaired) electrons. The highest BCUT2D eigenvalue weighted by molar-refractivity contribution is 8.01. The van der Waals surface area contributed by atoms with E-state index in [2.05, 4.69) is 10.6 Å². The topological polar surface area (TPSA) is 84.5 Å². The highest BCUT2D eigenvalue weighted by Gasteiger charge is 2.50. The van der Waals surface area contributed by atoms with Gasteiger partial charge < -0.3 is 15.4 Å². The summed E-state index contributed by atoms with van der Waals surface area (Å²) in [6.45, 7) is 4.12. The van der Waals surface area contributed by atoms with Crippen LogP contribution in [0.4, 0.5) is 5.69 Å². The van der Waals surface area contributed by atoms with Gasteiger partial charge in [-0.25, -0.2) is 0 Å². The lowest BCUT2D eigenvalue weighted by Crippen LogP contribution is -2.51. The van der Waals surface area contributed by atoms with Crippen molar-refractivity contribution in [3.05, 3.63) is 29.8 Å². The van der Waals surface area contributed by atoms with E-state index in [1.807, 2.05) is 31.2 Å². The second-order valence-electron chi connectivity index (χ2n) is 10.2. The fraction of sp³-hybridized carbons (Fsp3) is 0.640. The number of amides is 2. The van der Waals surface area contributed by atoms with Crippen molar-refractivity contribution in [2.75, 3.05) is 24.2 Å². The first-order valence-corrected chi connectivity index (χ1v) is 12.8. The molecule has 2 amide bonds. The summed E-state index contributed by atoms with van der Waals surface area (Å²) in [7, 11) is 0. The van der Waals surface area contributed by atoms with E-state index in [0.29, 0.717) is 6.54 Å². The Hall–Kier alpha value is -2.02. The summed E-state index contributed by atoms with van der Waals surface area (Å²) < 4.78 is 5.20. The number of hydrogen-bond acceptors (Lipinski definition) is 5. The molecule has 2 N–H and O–H groups in total. The van der Waals surface area contributed by atoms with E-state index < -0.39 is 11.2 Å². The minimum atomic E-state index is -0.519. The van der Waals surface area contributed by atoms with Gasteiger partial charge in [-0.3, -0.25) is 14.4 Å². The van der Waals surface area contributed by atoms with Gasteiger partial charge >= 0.3 is 5.97 Å². The van der Waals surface area contributed by atoms with Gasteiger partial charge in [-0.1, -0.05) is 17.7 Å². The van der Waals surface area contributed by atoms with Gasteiger partial charge in [-0.05, 0) is 87.7 Å². The Kier molecular flexibility index (Phi) is 7.13. The van der Waals surface area contributed by atoms with Gasteiger partial charge in [0.1, 0.15) is 5.25 Å². The molecular formula is C25H34N2O4S. The predicted octanol–water partition coefficient (Wildman–Crippen LogP) is 3.93. The fourth-order valence-corrected chi connectivity index (χ4v) is 6.88. The van der Waals surface area contributed by atoms with Crippen LogP contribution in [-0.2, 0) is 19.1 Å². The molecule has 174 valence electrons. The number of anilines is 1. The predicted molar refractivity (Wildman–Crippen MR) is 126 cm³/mol. The standard InChI is InChI=1S/C25H34N2O4S/c1-16-3-5-21(6-4-16)27-23(29)14-32-17(2)24(30)31-13-22(28)26-15-25-10-18-7-19(11-25)9-20(8-18)12-25/h3-6,17-20H,7-15H2,1-2H3,(H,26,28)(H,27,29). The van der Waals surface area contributed by atoms with Crippen molar-refractivity contribution in [3.8, 4) is 0 Å². The lowest BCUT2D eigenvalue weighted by molar-refractivity contribution is -0.148. The summed E-state index contributed by atoms with van der Waals surface area (Å²) in [5, 5.41) is 5.32. The molecule has 1 atom stereocenters. The zero-order valence-electron chi connectivity index (χ0n) is 19.0. The molecule has 5 rings (SSSR count). The van der Waals surface area contributed by atoms with Crippen molar-refractivity contribution in [2.45, 2.75) is 57.6 Å². The summed E-state index contributed by atoms with van der Waals surface area (Å²) in [4.78, 5) is 36.6. The highest BCUT2D eigenvalue weighted by atomic mass is 32.2. The first-order chi connectivity index (χ1) is 15.3. The van der Waals surface area contributed by atoms with E-state index in [1.54, 1.807) is 6.92 Å². The lowest BCUT2D eigenvalue weighted by atomic mass is 9.49. The van der Waals surface area contributed by atoms with Crippen LogP contribution in [0.2, 0.25) is 0 Å². The Morgan fingerprint density at radius 1 is 1.03 bits per heavy atom. The van der Waals surface area contributed by atoms with Crippen LogP contribution in [0.15, 0.2) is 24.3 Å². The average Bonchev–Trinajstić information content (AvgIpc) is 2.75. The quantitative estimate of drug-likeness (QED) is 0.548. The third-order valence-electron chi connectivity index (χ3n) is 7.30. The number of rotatable bonds is 9. The van der Waals surface area contributed by atoms with E-state index >= 15 is 0 Å². The summed E-state index contributed by atoms with van der Waals surface area (Å²) in [6.07, 6.45) is 7.84. The third-order valence-corrected chi connectivity index (χ3v) is 8.42. The largest absolute Gasteiger partial charge is 0.455 e. The summed E-state index contributed by atoms with van der Waals surface area (Å²) in [5.74, 6) is 1.80. The Labute approximate surface area is 194 Å². The molecule has 0 aromatic heterocycles. The molecule has 32 heavy (non-hydrogen) atoms. The van der Waals surface area contributed by atoms with Gasteiger partial charge in [-0.15, -0.1) is 11.8 Å². The first-order valence-electron chi connectivity index (χ1n) is 11.7. The van der Waals surface area contributed by atoms with Crippen LogP contribution in [-0.4, -0.2) is 41.9 Å². The van der Waals surface area contributed by atoms with Gasteiger partial charge in [0.15, 0.2) is 6.61 Å². The Morgan fingerprint density at radius 2 is 1.62 bits per heavy atom. The van der Waals surface area contributed by atoms with Crippen LogP contribution in [0.5, 0.6) is 0 Å². The molecular weight excluding hydrogens is 424 g/mol. The zero-order chi connectivity index (χ0) is 22.7. The molecule has 0 saturated heterocycles. The van der Waals surface area contributed by atoms with E-state index in [4.69, 9.17) is 4.74 Å². The van der Waals surface area contributed by atoms with Crippen LogP contribution >= 0.6 is 11.8 Å². The lowest BCUT2D eigenvalue weighted by Gasteiger charge is -2.56. The van der Waals surface area contributed by atoms with Crippen LogP contribution in [0.1, 0.15) is 51.0 Å². The number of aryl methyl sites for hydroxylation is 1. The molecule has 7 heteroatoms. The zero-order valence-corrected chi connectivity index (χ0v) is 19.8. The van der Waals surface area contributed by atoms with Crippen LogP contribution in [0.3, 0.4) is 0 Å². The maximum atomic E-state index is 12.3. The molecule has 4 saturated carbocycles. The number of hydrogen-bond donors (Lipinski definition) is 2. The number of nitrogens with one attached hydrogen (secondary N) is 2.